The summed E-state index contributed by atoms with van der Waals surface area (Å²) in [4.78, 5) is 44.7. The van der Waals surface area contributed by atoms with Gasteiger partial charge in [-0.3, -0.25) is 14.4 Å². The van der Waals surface area contributed by atoms with Gasteiger partial charge in [-0.15, -0.1) is 18.3 Å². The van der Waals surface area contributed by atoms with Crippen LogP contribution in [0, 0.1) is 11.8 Å². The molecule has 4 heterocycles. The highest BCUT2D eigenvalue weighted by atomic mass is 16.6. The maximum Gasteiger partial charge on any atom is 0.312 e. The van der Waals surface area contributed by atoms with Crippen LogP contribution in [-0.2, 0) is 30.5 Å². The predicted molar refractivity (Wildman–Crippen MR) is 141 cm³/mol. The van der Waals surface area contributed by atoms with Gasteiger partial charge in [0.15, 0.2) is 0 Å². The van der Waals surface area contributed by atoms with E-state index < -0.39 is 41.1 Å². The van der Waals surface area contributed by atoms with E-state index in [4.69, 9.17) is 9.47 Å². The maximum atomic E-state index is 14.4. The van der Waals surface area contributed by atoms with Crippen LogP contribution in [0.25, 0.3) is 11.0 Å². The summed E-state index contributed by atoms with van der Waals surface area (Å²) in [5, 5.41) is 18.5. The lowest BCUT2D eigenvalue weighted by Gasteiger charge is -2.38. The monoisotopic (exact) mass is 537 g/mol. The Kier molecular flexibility index (Phi) is 7.06. The molecule has 6 atom stereocenters. The third-order valence-electron chi connectivity index (χ3n) is 8.39. The van der Waals surface area contributed by atoms with Crippen molar-refractivity contribution in [2.45, 2.75) is 63.1 Å². The number of hydrogen-bond donors (Lipinski definition) is 1. The van der Waals surface area contributed by atoms with E-state index in [1.807, 2.05) is 31.2 Å². The van der Waals surface area contributed by atoms with Crippen molar-refractivity contribution >= 4 is 28.8 Å². The lowest BCUT2D eigenvalue weighted by atomic mass is 9.66. The van der Waals surface area contributed by atoms with Crippen LogP contribution in [0.4, 0.5) is 0 Å². The average Bonchev–Trinajstić information content (AvgIpc) is 3.63. The number of carbonyl (C=O) groups excluding carboxylic acids is 3. The van der Waals surface area contributed by atoms with Gasteiger partial charge < -0.3 is 24.4 Å². The maximum absolute atomic E-state index is 14.4. The van der Waals surface area contributed by atoms with Gasteiger partial charge in [0.2, 0.25) is 11.8 Å². The number of aliphatic hydroxyl groups excluding tert-OH is 1. The molecule has 11 nitrogen and oxygen atoms in total. The number of aromatic nitrogens is 3. The summed E-state index contributed by atoms with van der Waals surface area (Å²) < 4.78 is 13.7. The lowest BCUT2D eigenvalue weighted by Crippen LogP contribution is -2.58. The number of esters is 1. The van der Waals surface area contributed by atoms with Crippen LogP contribution in [0.15, 0.2) is 49.6 Å². The smallest absolute Gasteiger partial charge is 0.312 e. The third kappa shape index (κ3) is 4.15. The van der Waals surface area contributed by atoms with Crippen LogP contribution in [0.2, 0.25) is 0 Å². The van der Waals surface area contributed by atoms with Gasteiger partial charge >= 0.3 is 5.97 Å². The van der Waals surface area contributed by atoms with Crippen LogP contribution in [0.1, 0.15) is 33.1 Å². The number of aliphatic hydroxyl groups is 1. The second-order valence-corrected chi connectivity index (χ2v) is 10.8. The first-order chi connectivity index (χ1) is 18.7. The predicted octanol–water partition coefficient (Wildman–Crippen LogP) is 1.67. The van der Waals surface area contributed by atoms with Crippen molar-refractivity contribution in [2.75, 3.05) is 19.8 Å². The van der Waals surface area contributed by atoms with Crippen molar-refractivity contribution in [3.8, 4) is 0 Å². The normalized spacial score (nSPS) is 29.9. The Labute approximate surface area is 227 Å². The molecule has 2 aromatic rings. The molecule has 3 fully saturated rings. The molecule has 0 saturated carbocycles. The van der Waals surface area contributed by atoms with E-state index >= 15 is 0 Å². The first-order valence-electron chi connectivity index (χ1n) is 13.3. The minimum Gasteiger partial charge on any atom is -0.465 e. The summed E-state index contributed by atoms with van der Waals surface area (Å²) in [6, 6.07) is 5.72. The standard InChI is InChI=1S/C28H35N5O6/c1-5-7-15-38-26(37)22-21-24(35)33(18(3)16-34)23(28(21)13-12-27(22,4)39-28)25(36)31(14-6-2)17-32-20-11-9-8-10-19(20)29-30-32/h5-6,8-11,18,21-23,34H,1-2,7,12-17H2,3-4H3/t18-,21+,22+,23?,27-,28?/m1/s1. The van der Waals surface area contributed by atoms with Gasteiger partial charge in [0, 0.05) is 6.54 Å². The molecule has 3 saturated heterocycles. The van der Waals surface area contributed by atoms with E-state index in [1.54, 1.807) is 28.7 Å². The minimum absolute atomic E-state index is 0.0719. The fourth-order valence-electron chi connectivity index (χ4n) is 6.63. The molecule has 1 N–H and O–H groups in total. The number of fused-ring (bicyclic) bond motifs is 2. The van der Waals surface area contributed by atoms with Crippen molar-refractivity contribution in [2.24, 2.45) is 11.8 Å². The van der Waals surface area contributed by atoms with E-state index in [-0.39, 0.29) is 38.2 Å². The molecule has 2 bridgehead atoms. The van der Waals surface area contributed by atoms with Gasteiger partial charge in [0.1, 0.15) is 29.7 Å². The first kappa shape index (κ1) is 27.0. The average molecular weight is 538 g/mol. The van der Waals surface area contributed by atoms with Crippen molar-refractivity contribution in [1.29, 1.82) is 0 Å². The fourth-order valence-corrected chi connectivity index (χ4v) is 6.63. The highest BCUT2D eigenvalue weighted by Crippen LogP contribution is 2.63. The third-order valence-corrected chi connectivity index (χ3v) is 8.39. The van der Waals surface area contributed by atoms with Crippen LogP contribution >= 0.6 is 0 Å². The topological polar surface area (TPSA) is 127 Å². The van der Waals surface area contributed by atoms with Crippen molar-refractivity contribution in [3.05, 3.63) is 49.6 Å². The number of para-hydroxylation sites is 1. The summed E-state index contributed by atoms with van der Waals surface area (Å²) >= 11 is 0. The molecule has 2 unspecified atom stereocenters. The molecule has 3 aliphatic rings. The molecule has 11 heteroatoms. The van der Waals surface area contributed by atoms with E-state index in [0.717, 1.165) is 5.52 Å². The Hall–Kier alpha value is -3.57. The number of likely N-dealkylation sites (tertiary alicyclic amines) is 1. The SMILES string of the molecule is C=CCCOC(=O)[C@@H]1[C@H]2C(=O)N([C@H](C)CO)C(C(=O)N(CC=C)Cn3nnc4ccccc43)C23CC[C@@]1(C)O3. The summed E-state index contributed by atoms with van der Waals surface area (Å²) in [5.74, 6) is -3.01. The van der Waals surface area contributed by atoms with Gasteiger partial charge in [-0.1, -0.05) is 29.5 Å². The van der Waals surface area contributed by atoms with E-state index in [9.17, 15) is 19.5 Å². The minimum atomic E-state index is -1.22. The molecule has 0 radical (unpaired) electrons. The molecule has 2 amide bonds. The number of hydrogen-bond acceptors (Lipinski definition) is 8. The molecule has 1 aromatic carbocycles. The van der Waals surface area contributed by atoms with E-state index in [1.165, 1.54) is 4.90 Å². The molecule has 1 aromatic heterocycles. The van der Waals surface area contributed by atoms with E-state index in [0.29, 0.717) is 24.8 Å². The quantitative estimate of drug-likeness (QED) is 0.261. The van der Waals surface area contributed by atoms with Crippen LogP contribution in [-0.4, -0.2) is 90.7 Å². The van der Waals surface area contributed by atoms with Crippen LogP contribution < -0.4 is 0 Å². The molecule has 3 aliphatic heterocycles. The zero-order valence-corrected chi connectivity index (χ0v) is 22.4. The number of amides is 2. The lowest BCUT2D eigenvalue weighted by molar-refractivity contribution is -0.162. The van der Waals surface area contributed by atoms with Crippen molar-refractivity contribution in [3.63, 3.8) is 0 Å². The van der Waals surface area contributed by atoms with Gasteiger partial charge in [0.25, 0.3) is 0 Å². The van der Waals surface area contributed by atoms with Crippen molar-refractivity contribution in [1.82, 2.24) is 24.8 Å². The molecular weight excluding hydrogens is 502 g/mol. The number of rotatable bonds is 11. The Bertz CT molecular complexity index is 1310. The molecule has 39 heavy (non-hydrogen) atoms. The Morgan fingerprint density at radius 2 is 2.08 bits per heavy atom. The second kappa shape index (κ2) is 10.2. The van der Waals surface area contributed by atoms with E-state index in [2.05, 4.69) is 23.5 Å². The number of carbonyl (C=O) groups is 3. The van der Waals surface area contributed by atoms with Crippen molar-refractivity contribution < 1.29 is 29.0 Å². The molecule has 208 valence electrons. The Morgan fingerprint density at radius 3 is 2.79 bits per heavy atom. The molecule has 5 rings (SSSR count). The summed E-state index contributed by atoms with van der Waals surface area (Å²) in [5.41, 5.74) is -0.717. The van der Waals surface area contributed by atoms with Gasteiger partial charge in [-0.2, -0.15) is 0 Å². The van der Waals surface area contributed by atoms with Crippen LogP contribution in [0.3, 0.4) is 0 Å². The Morgan fingerprint density at radius 1 is 1.31 bits per heavy atom. The summed E-state index contributed by atoms with van der Waals surface area (Å²) in [7, 11) is 0. The number of nitrogens with zero attached hydrogens (tertiary/aromatic N) is 5. The zero-order chi connectivity index (χ0) is 27.9. The number of ether oxygens (including phenoxy) is 2. The highest BCUT2D eigenvalue weighted by Gasteiger charge is 2.78. The zero-order valence-electron chi connectivity index (χ0n) is 22.4. The molecule has 0 aliphatic carbocycles. The fraction of sp³-hybridized carbons (Fsp3) is 0.536. The second-order valence-electron chi connectivity index (χ2n) is 10.8. The van der Waals surface area contributed by atoms with Gasteiger partial charge in [0.05, 0.1) is 36.3 Å². The Balaban J connectivity index is 1.53. The molecule has 1 spiro atoms. The molecular formula is C28H35N5O6. The van der Waals surface area contributed by atoms with Gasteiger partial charge in [-0.25, -0.2) is 4.68 Å². The largest absolute Gasteiger partial charge is 0.465 e. The highest BCUT2D eigenvalue weighted by molar-refractivity contribution is 5.98. The summed E-state index contributed by atoms with van der Waals surface area (Å²) in [6.45, 7) is 11.0. The first-order valence-corrected chi connectivity index (χ1v) is 13.3. The summed E-state index contributed by atoms with van der Waals surface area (Å²) in [6.07, 6.45) is 4.67. The van der Waals surface area contributed by atoms with Gasteiger partial charge in [-0.05, 0) is 45.2 Å². The number of benzene rings is 1. The van der Waals surface area contributed by atoms with Crippen LogP contribution in [0.5, 0.6) is 0 Å².